The van der Waals surface area contributed by atoms with Gasteiger partial charge in [0, 0.05) is 35.9 Å². The Morgan fingerprint density at radius 2 is 2.41 bits per heavy atom. The Labute approximate surface area is 129 Å². The van der Waals surface area contributed by atoms with Gasteiger partial charge in [0.15, 0.2) is 10.8 Å². The van der Waals surface area contributed by atoms with Crippen LogP contribution in [0.4, 0.5) is 8.78 Å². The molecule has 22 heavy (non-hydrogen) atoms. The van der Waals surface area contributed by atoms with Crippen LogP contribution in [0.2, 0.25) is 0 Å². The topological polar surface area (TPSA) is 77.8 Å². The second kappa shape index (κ2) is 5.82. The van der Waals surface area contributed by atoms with E-state index in [9.17, 15) is 18.7 Å². The minimum absolute atomic E-state index is 0.130. The molecule has 0 spiro atoms. The molecule has 3 rings (SSSR count). The number of aliphatic hydroxyl groups excluding tert-OH is 1. The van der Waals surface area contributed by atoms with Gasteiger partial charge in [-0.2, -0.15) is 0 Å². The van der Waals surface area contributed by atoms with Gasteiger partial charge in [-0.1, -0.05) is 0 Å². The molecule has 2 aliphatic rings. The number of amidine groups is 1. The zero-order chi connectivity index (χ0) is 15.7. The first-order chi connectivity index (χ1) is 10.5. The molecule has 0 bridgehead atoms. The average Bonchev–Trinajstić information content (AvgIpc) is 3.08. The fourth-order valence-corrected chi connectivity index (χ4v) is 3.02. The van der Waals surface area contributed by atoms with Crippen molar-refractivity contribution < 1.29 is 18.7 Å². The highest BCUT2D eigenvalue weighted by atomic mass is 32.1. The monoisotopic (exact) mass is 328 g/mol. The second-order valence-corrected chi connectivity index (χ2v) is 6.09. The molecule has 1 atom stereocenters. The molecule has 3 heterocycles. The second-order valence-electron chi connectivity index (χ2n) is 5.20. The van der Waals surface area contributed by atoms with E-state index in [1.54, 1.807) is 11.6 Å². The molecule has 0 aliphatic carbocycles. The summed E-state index contributed by atoms with van der Waals surface area (Å²) in [6.45, 7) is -0.345. The van der Waals surface area contributed by atoms with Crippen molar-refractivity contribution >= 4 is 23.5 Å². The molecular weight excluding hydrogens is 314 g/mol. The fraction of sp³-hybridized carbons (Fsp3) is 0.462. The highest BCUT2D eigenvalue weighted by Gasteiger charge is 2.47. The van der Waals surface area contributed by atoms with Crippen molar-refractivity contribution in [3.8, 4) is 0 Å². The van der Waals surface area contributed by atoms with E-state index in [1.807, 2.05) is 0 Å². The highest BCUT2D eigenvalue weighted by Crippen LogP contribution is 2.28. The SMILES string of the molecule is O=CC1=C(CN2CC(O)C(F)(F)C2)NC(c2nccs2)=NC1. The van der Waals surface area contributed by atoms with Crippen LogP contribution in [-0.4, -0.2) is 65.3 Å². The van der Waals surface area contributed by atoms with Crippen LogP contribution in [0.25, 0.3) is 0 Å². The molecule has 2 N–H and O–H groups in total. The van der Waals surface area contributed by atoms with E-state index in [2.05, 4.69) is 15.3 Å². The molecule has 9 heteroatoms. The van der Waals surface area contributed by atoms with E-state index in [4.69, 9.17) is 0 Å². The number of hydrogen-bond acceptors (Lipinski definition) is 7. The van der Waals surface area contributed by atoms with Gasteiger partial charge in [0.2, 0.25) is 0 Å². The normalized spacial score (nSPS) is 25.0. The lowest BCUT2D eigenvalue weighted by Gasteiger charge is -2.23. The number of nitrogens with one attached hydrogen (secondary N) is 1. The minimum Gasteiger partial charge on any atom is -0.385 e. The van der Waals surface area contributed by atoms with Gasteiger partial charge >= 0.3 is 0 Å². The van der Waals surface area contributed by atoms with E-state index in [1.165, 1.54) is 16.2 Å². The lowest BCUT2D eigenvalue weighted by Crippen LogP contribution is -2.37. The first-order valence-corrected chi connectivity index (χ1v) is 7.54. The van der Waals surface area contributed by atoms with Crippen molar-refractivity contribution in [2.75, 3.05) is 26.2 Å². The molecule has 1 aromatic heterocycles. The third-order valence-electron chi connectivity index (χ3n) is 3.58. The Hall–Kier alpha value is -1.71. The summed E-state index contributed by atoms with van der Waals surface area (Å²) in [5.74, 6) is -2.59. The maximum atomic E-state index is 13.4. The molecule has 0 saturated carbocycles. The zero-order valence-corrected chi connectivity index (χ0v) is 12.3. The molecular formula is C13H14F2N4O2S. The molecule has 118 valence electrons. The van der Waals surface area contributed by atoms with Gasteiger partial charge < -0.3 is 10.4 Å². The van der Waals surface area contributed by atoms with Crippen LogP contribution in [0.15, 0.2) is 27.8 Å². The van der Waals surface area contributed by atoms with Crippen molar-refractivity contribution in [1.82, 2.24) is 15.2 Å². The number of nitrogens with zero attached hydrogens (tertiary/aromatic N) is 3. The van der Waals surface area contributed by atoms with Gasteiger partial charge in [-0.15, -0.1) is 11.3 Å². The number of halogens is 2. The van der Waals surface area contributed by atoms with Crippen LogP contribution in [0.1, 0.15) is 5.01 Å². The third kappa shape index (κ3) is 2.92. The van der Waals surface area contributed by atoms with Crippen molar-refractivity contribution in [3.63, 3.8) is 0 Å². The number of hydrogen-bond donors (Lipinski definition) is 2. The standard InChI is InChI=1S/C13H14F2N4O2S/c14-13(15)7-19(5-10(13)21)4-9-8(6-20)3-17-11(18-9)12-16-1-2-22-12/h1-2,6,10,21H,3-5,7H2,(H,17,18). The number of β-amino-alcohol motifs (C(OH)–C–C–N with tert-alkyl or cyclic N) is 1. The Balaban J connectivity index is 1.74. The molecule has 1 saturated heterocycles. The van der Waals surface area contributed by atoms with E-state index < -0.39 is 18.6 Å². The molecule has 0 amide bonds. The Morgan fingerprint density at radius 3 is 3.00 bits per heavy atom. The maximum Gasteiger partial charge on any atom is 0.287 e. The van der Waals surface area contributed by atoms with Crippen molar-refractivity contribution in [3.05, 3.63) is 27.9 Å². The molecule has 0 radical (unpaired) electrons. The van der Waals surface area contributed by atoms with Crippen LogP contribution in [-0.2, 0) is 4.79 Å². The van der Waals surface area contributed by atoms with E-state index in [-0.39, 0.29) is 19.6 Å². The predicted octanol–water partition coefficient (Wildman–Crippen LogP) is 0.258. The predicted molar refractivity (Wildman–Crippen MR) is 77.1 cm³/mol. The number of carbonyl (C=O) groups is 1. The smallest absolute Gasteiger partial charge is 0.287 e. The third-order valence-corrected chi connectivity index (χ3v) is 4.36. The summed E-state index contributed by atoms with van der Waals surface area (Å²) >= 11 is 1.39. The molecule has 1 unspecified atom stereocenters. The van der Waals surface area contributed by atoms with Crippen LogP contribution >= 0.6 is 11.3 Å². The zero-order valence-electron chi connectivity index (χ0n) is 11.5. The van der Waals surface area contributed by atoms with Gasteiger partial charge in [0.1, 0.15) is 12.4 Å². The molecule has 6 nitrogen and oxygen atoms in total. The van der Waals surface area contributed by atoms with Gasteiger partial charge in [-0.25, -0.2) is 13.8 Å². The van der Waals surface area contributed by atoms with Crippen LogP contribution in [0, 0.1) is 0 Å². The number of likely N-dealkylation sites (tertiary alicyclic amines) is 1. The van der Waals surface area contributed by atoms with E-state index in [0.717, 1.165) is 0 Å². The van der Waals surface area contributed by atoms with Crippen molar-refractivity contribution in [2.45, 2.75) is 12.0 Å². The Bertz CT molecular complexity index is 630. The number of aliphatic imine (C=N–C) groups is 1. The number of aldehydes is 1. The van der Waals surface area contributed by atoms with Crippen molar-refractivity contribution in [2.24, 2.45) is 4.99 Å². The fourth-order valence-electron chi connectivity index (χ4n) is 2.42. The summed E-state index contributed by atoms with van der Waals surface area (Å²) in [6.07, 6.45) is 0.637. The summed E-state index contributed by atoms with van der Waals surface area (Å²) < 4.78 is 26.8. The minimum atomic E-state index is -3.12. The number of aromatic nitrogens is 1. The highest BCUT2D eigenvalue weighted by molar-refractivity contribution is 7.11. The summed E-state index contributed by atoms with van der Waals surface area (Å²) in [5, 5.41) is 14.8. The van der Waals surface area contributed by atoms with Crippen LogP contribution < -0.4 is 5.32 Å². The maximum absolute atomic E-state index is 13.4. The number of aliphatic hydroxyl groups is 1. The van der Waals surface area contributed by atoms with Gasteiger partial charge in [-0.05, 0) is 0 Å². The number of thiazole rings is 1. The Morgan fingerprint density at radius 1 is 1.59 bits per heavy atom. The molecule has 1 fully saturated rings. The van der Waals surface area contributed by atoms with E-state index in [0.29, 0.717) is 28.4 Å². The van der Waals surface area contributed by atoms with Gasteiger partial charge in [0.25, 0.3) is 5.92 Å². The summed E-state index contributed by atoms with van der Waals surface area (Å²) in [4.78, 5) is 20.9. The molecule has 1 aromatic rings. The lowest BCUT2D eigenvalue weighted by atomic mass is 10.2. The van der Waals surface area contributed by atoms with Gasteiger partial charge in [0.05, 0.1) is 13.1 Å². The molecule has 2 aliphatic heterocycles. The van der Waals surface area contributed by atoms with Crippen LogP contribution in [0.5, 0.6) is 0 Å². The summed E-state index contributed by atoms with van der Waals surface area (Å²) in [5.41, 5.74) is 0.949. The number of rotatable bonds is 4. The first-order valence-electron chi connectivity index (χ1n) is 6.66. The quantitative estimate of drug-likeness (QED) is 0.775. The van der Waals surface area contributed by atoms with Crippen molar-refractivity contribution in [1.29, 1.82) is 0 Å². The van der Waals surface area contributed by atoms with E-state index >= 15 is 0 Å². The number of carbonyl (C=O) groups excluding carboxylic acids is 1. The first kappa shape index (κ1) is 15.2. The largest absolute Gasteiger partial charge is 0.385 e. The molecule has 0 aromatic carbocycles. The summed E-state index contributed by atoms with van der Waals surface area (Å²) in [7, 11) is 0. The number of alkyl halides is 2. The van der Waals surface area contributed by atoms with Crippen LogP contribution in [0.3, 0.4) is 0 Å². The lowest BCUT2D eigenvalue weighted by molar-refractivity contribution is -0.105. The average molecular weight is 328 g/mol. The van der Waals surface area contributed by atoms with Gasteiger partial charge in [-0.3, -0.25) is 14.7 Å². The summed E-state index contributed by atoms with van der Waals surface area (Å²) in [6, 6.07) is 0. The Kier molecular flexibility index (Phi) is 4.02.